The predicted octanol–water partition coefficient (Wildman–Crippen LogP) is 3.05. The number of pyridine rings is 1. The third-order valence-electron chi connectivity index (χ3n) is 2.78. The highest BCUT2D eigenvalue weighted by molar-refractivity contribution is 7.09. The number of aromatic nitrogens is 1. The molecule has 0 aliphatic rings. The number of rotatable bonds is 6. The van der Waals surface area contributed by atoms with E-state index in [2.05, 4.69) is 33.9 Å². The van der Waals surface area contributed by atoms with Crippen molar-refractivity contribution in [3.63, 3.8) is 0 Å². The second-order valence-electron chi connectivity index (χ2n) is 4.01. The number of ether oxygens (including phenoxy) is 1. The van der Waals surface area contributed by atoms with Crippen LogP contribution in [-0.4, -0.2) is 18.6 Å². The fourth-order valence-electron chi connectivity index (χ4n) is 1.89. The summed E-state index contributed by atoms with van der Waals surface area (Å²) < 4.78 is 5.49. The molecule has 0 bridgehead atoms. The Bertz CT molecular complexity index is 470. The molecule has 1 N–H and O–H groups in total. The maximum Gasteiger partial charge on any atom is 0.137 e. The lowest BCUT2D eigenvalue weighted by Gasteiger charge is -2.16. The molecule has 0 saturated heterocycles. The highest BCUT2D eigenvalue weighted by Crippen LogP contribution is 2.23. The zero-order chi connectivity index (χ0) is 12.8. The molecule has 0 aromatic carbocycles. The molecule has 4 heteroatoms. The summed E-state index contributed by atoms with van der Waals surface area (Å²) in [5.74, 6) is 0.835. The lowest BCUT2D eigenvalue weighted by Crippen LogP contribution is -2.18. The van der Waals surface area contributed by atoms with Crippen molar-refractivity contribution in [2.75, 3.05) is 13.7 Å². The summed E-state index contributed by atoms with van der Waals surface area (Å²) in [5.41, 5.74) is 1.16. The number of likely N-dealkylation sites (N-methyl/N-ethyl adjacent to an activating group) is 1. The van der Waals surface area contributed by atoms with Crippen LogP contribution in [0.3, 0.4) is 0 Å². The first-order valence-corrected chi connectivity index (χ1v) is 6.98. The second-order valence-corrected chi connectivity index (χ2v) is 5.04. The Labute approximate surface area is 112 Å². The third kappa shape index (κ3) is 3.31. The number of nitrogens with one attached hydrogen (secondary N) is 1. The topological polar surface area (TPSA) is 34.1 Å². The normalized spacial score (nSPS) is 12.3. The molecule has 0 amide bonds. The van der Waals surface area contributed by atoms with Crippen molar-refractivity contribution in [2.24, 2.45) is 0 Å². The van der Waals surface area contributed by atoms with E-state index >= 15 is 0 Å². The minimum absolute atomic E-state index is 0.275. The predicted molar refractivity (Wildman–Crippen MR) is 75.2 cm³/mol. The summed E-state index contributed by atoms with van der Waals surface area (Å²) in [6.45, 7) is 2.65. The van der Waals surface area contributed by atoms with Crippen molar-refractivity contribution in [3.05, 3.63) is 46.4 Å². The average Bonchev–Trinajstić information content (AvgIpc) is 2.89. The van der Waals surface area contributed by atoms with Crippen molar-refractivity contribution in [3.8, 4) is 5.75 Å². The Morgan fingerprint density at radius 2 is 2.33 bits per heavy atom. The zero-order valence-corrected chi connectivity index (χ0v) is 11.5. The van der Waals surface area contributed by atoms with E-state index in [9.17, 15) is 0 Å². The molecule has 2 aromatic rings. The molecule has 1 unspecified atom stereocenters. The summed E-state index contributed by atoms with van der Waals surface area (Å²) in [6, 6.07) is 6.58. The van der Waals surface area contributed by atoms with E-state index in [1.54, 1.807) is 17.5 Å². The largest absolute Gasteiger partial charge is 0.492 e. The number of nitrogens with zero attached hydrogens (tertiary/aromatic N) is 1. The zero-order valence-electron chi connectivity index (χ0n) is 10.7. The van der Waals surface area contributed by atoms with Gasteiger partial charge < -0.3 is 10.1 Å². The van der Waals surface area contributed by atoms with Gasteiger partial charge in [0.1, 0.15) is 5.75 Å². The van der Waals surface area contributed by atoms with E-state index in [1.807, 2.05) is 20.2 Å². The summed E-state index contributed by atoms with van der Waals surface area (Å²) in [4.78, 5) is 5.61. The molecule has 2 rings (SSSR count). The van der Waals surface area contributed by atoms with E-state index < -0.39 is 0 Å². The van der Waals surface area contributed by atoms with Crippen molar-refractivity contribution < 1.29 is 4.74 Å². The quantitative estimate of drug-likeness (QED) is 0.869. The van der Waals surface area contributed by atoms with Crippen LogP contribution in [0.5, 0.6) is 5.75 Å². The Morgan fingerprint density at radius 1 is 1.44 bits per heavy atom. The molecule has 1 atom stereocenters. The van der Waals surface area contributed by atoms with Crippen LogP contribution in [0.4, 0.5) is 0 Å². The maximum absolute atomic E-state index is 5.49. The van der Waals surface area contributed by atoms with Crippen molar-refractivity contribution in [1.82, 2.24) is 10.3 Å². The molecule has 0 aliphatic heterocycles. The molecule has 18 heavy (non-hydrogen) atoms. The van der Waals surface area contributed by atoms with Crippen LogP contribution in [0, 0.1) is 0 Å². The highest BCUT2D eigenvalue weighted by Gasteiger charge is 2.12. The smallest absolute Gasteiger partial charge is 0.137 e. The molecule has 96 valence electrons. The maximum atomic E-state index is 5.49. The van der Waals surface area contributed by atoms with Gasteiger partial charge in [-0.25, -0.2) is 0 Å². The monoisotopic (exact) mass is 262 g/mol. The standard InChI is InChI=1S/C14H18N2OS/c1-3-17-12-7-11(9-16-10-12)14(15-2)8-13-5-4-6-18-13/h4-7,9-10,14-15H,3,8H2,1-2H3. The molecule has 0 spiro atoms. The number of thiophene rings is 1. The lowest BCUT2D eigenvalue weighted by atomic mass is 10.1. The molecule has 2 aromatic heterocycles. The molecule has 0 fully saturated rings. The van der Waals surface area contributed by atoms with Gasteiger partial charge in [0.15, 0.2) is 0 Å². The Morgan fingerprint density at radius 3 is 3.00 bits per heavy atom. The second kappa shape index (κ2) is 6.52. The Kier molecular flexibility index (Phi) is 4.73. The molecule has 2 heterocycles. The van der Waals surface area contributed by atoms with Crippen molar-refractivity contribution in [2.45, 2.75) is 19.4 Å². The van der Waals surface area contributed by atoms with Crippen LogP contribution in [0.15, 0.2) is 36.0 Å². The molecule has 3 nitrogen and oxygen atoms in total. The SMILES string of the molecule is CCOc1cncc(C(Cc2cccs2)NC)c1. The lowest BCUT2D eigenvalue weighted by molar-refractivity contribution is 0.338. The summed E-state index contributed by atoms with van der Waals surface area (Å²) in [6.07, 6.45) is 4.63. The fourth-order valence-corrected chi connectivity index (χ4v) is 2.64. The van der Waals surface area contributed by atoms with Crippen LogP contribution < -0.4 is 10.1 Å². The van der Waals surface area contributed by atoms with Crippen LogP contribution >= 0.6 is 11.3 Å². The van der Waals surface area contributed by atoms with E-state index in [1.165, 1.54) is 4.88 Å². The number of hydrogen-bond acceptors (Lipinski definition) is 4. The van der Waals surface area contributed by atoms with Crippen LogP contribution in [0.1, 0.15) is 23.4 Å². The van der Waals surface area contributed by atoms with Gasteiger partial charge in [0, 0.05) is 23.5 Å². The minimum atomic E-state index is 0.275. The van der Waals surface area contributed by atoms with Crippen LogP contribution in [0.25, 0.3) is 0 Å². The first kappa shape index (κ1) is 13.1. The average molecular weight is 262 g/mol. The fraction of sp³-hybridized carbons (Fsp3) is 0.357. The summed E-state index contributed by atoms with van der Waals surface area (Å²) >= 11 is 1.78. The first-order valence-electron chi connectivity index (χ1n) is 6.11. The van der Waals surface area contributed by atoms with E-state index in [0.717, 1.165) is 17.7 Å². The van der Waals surface area contributed by atoms with Gasteiger partial charge in [-0.2, -0.15) is 0 Å². The number of hydrogen-bond donors (Lipinski definition) is 1. The van der Waals surface area contributed by atoms with Crippen molar-refractivity contribution >= 4 is 11.3 Å². The van der Waals surface area contributed by atoms with Crippen LogP contribution in [0.2, 0.25) is 0 Å². The van der Waals surface area contributed by atoms with Gasteiger partial charge in [0.05, 0.1) is 12.8 Å². The van der Waals surface area contributed by atoms with Gasteiger partial charge in [-0.05, 0) is 37.0 Å². The molecule has 0 saturated carbocycles. The van der Waals surface area contributed by atoms with E-state index in [0.29, 0.717) is 6.61 Å². The van der Waals surface area contributed by atoms with Gasteiger partial charge in [0.2, 0.25) is 0 Å². The van der Waals surface area contributed by atoms with E-state index in [4.69, 9.17) is 4.74 Å². The highest BCUT2D eigenvalue weighted by atomic mass is 32.1. The molecule has 0 radical (unpaired) electrons. The summed E-state index contributed by atoms with van der Waals surface area (Å²) in [5, 5.41) is 5.45. The van der Waals surface area contributed by atoms with Gasteiger partial charge in [-0.1, -0.05) is 6.07 Å². The third-order valence-corrected chi connectivity index (χ3v) is 3.68. The molecular formula is C14H18N2OS. The minimum Gasteiger partial charge on any atom is -0.492 e. The van der Waals surface area contributed by atoms with Crippen LogP contribution in [-0.2, 0) is 6.42 Å². The van der Waals surface area contributed by atoms with Gasteiger partial charge in [-0.15, -0.1) is 11.3 Å². The van der Waals surface area contributed by atoms with Gasteiger partial charge in [0.25, 0.3) is 0 Å². The van der Waals surface area contributed by atoms with Gasteiger partial charge >= 0.3 is 0 Å². The summed E-state index contributed by atoms with van der Waals surface area (Å²) in [7, 11) is 1.98. The first-order chi connectivity index (χ1) is 8.83. The Hall–Kier alpha value is -1.39. The van der Waals surface area contributed by atoms with Gasteiger partial charge in [-0.3, -0.25) is 4.98 Å². The van der Waals surface area contributed by atoms with E-state index in [-0.39, 0.29) is 6.04 Å². The van der Waals surface area contributed by atoms with Crippen molar-refractivity contribution in [1.29, 1.82) is 0 Å². The Balaban J connectivity index is 2.13. The molecule has 0 aliphatic carbocycles. The molecular weight excluding hydrogens is 244 g/mol.